The van der Waals surface area contributed by atoms with Crippen LogP contribution in [0.4, 0.5) is 5.82 Å². The van der Waals surface area contributed by atoms with Crippen molar-refractivity contribution >= 4 is 11.7 Å². The molecule has 0 bridgehead atoms. The first-order valence-electron chi connectivity index (χ1n) is 10.2. The van der Waals surface area contributed by atoms with Gasteiger partial charge in [-0.15, -0.1) is 0 Å². The zero-order valence-corrected chi connectivity index (χ0v) is 16.3. The van der Waals surface area contributed by atoms with E-state index in [0.29, 0.717) is 5.91 Å². The summed E-state index contributed by atoms with van der Waals surface area (Å²) in [4.78, 5) is 24.4. The highest BCUT2D eigenvalue weighted by atomic mass is 16.2. The van der Waals surface area contributed by atoms with Gasteiger partial charge in [-0.25, -0.2) is 4.98 Å². The Morgan fingerprint density at radius 3 is 2.69 bits per heavy atom. The van der Waals surface area contributed by atoms with Crippen LogP contribution in [0, 0.1) is 11.3 Å². The first-order valence-corrected chi connectivity index (χ1v) is 10.2. The van der Waals surface area contributed by atoms with Crippen molar-refractivity contribution in [3.63, 3.8) is 0 Å². The smallest absolute Gasteiger partial charge is 0.230 e. The summed E-state index contributed by atoms with van der Waals surface area (Å²) in [6, 6.07) is 4.24. The van der Waals surface area contributed by atoms with Crippen LogP contribution in [-0.4, -0.2) is 61.0 Å². The van der Waals surface area contributed by atoms with Gasteiger partial charge in [0.1, 0.15) is 5.82 Å². The fourth-order valence-corrected chi connectivity index (χ4v) is 4.82. The number of aromatic nitrogens is 1. The molecule has 142 valence electrons. The topological polar surface area (TPSA) is 39.7 Å². The van der Waals surface area contributed by atoms with Gasteiger partial charge in [0, 0.05) is 46.5 Å². The number of carbonyl (C=O) groups is 1. The molecule has 1 atom stereocenters. The van der Waals surface area contributed by atoms with Crippen LogP contribution in [0.5, 0.6) is 0 Å². The standard InChI is InChI=1S/C21H32N4O/c1-23(2)19-8-7-18(13-22-19)14-24-12-10-21(16-24)9-4-11-25(20(21)26)15-17-5-3-6-17/h7-8,13,17H,3-6,9-12,14-16H2,1-2H3/t21-/m1/s1. The number of hydrogen-bond donors (Lipinski definition) is 0. The van der Waals surface area contributed by atoms with Crippen LogP contribution in [-0.2, 0) is 11.3 Å². The molecule has 0 unspecified atom stereocenters. The van der Waals surface area contributed by atoms with Crippen molar-refractivity contribution in [2.24, 2.45) is 11.3 Å². The minimum absolute atomic E-state index is 0.112. The van der Waals surface area contributed by atoms with Crippen molar-refractivity contribution in [2.75, 3.05) is 45.2 Å². The van der Waals surface area contributed by atoms with E-state index in [-0.39, 0.29) is 5.41 Å². The van der Waals surface area contributed by atoms with Gasteiger partial charge in [0.05, 0.1) is 5.41 Å². The third kappa shape index (κ3) is 3.46. The van der Waals surface area contributed by atoms with E-state index in [2.05, 4.69) is 26.9 Å². The van der Waals surface area contributed by atoms with E-state index in [0.717, 1.165) is 57.3 Å². The Kier molecular flexibility index (Phi) is 4.91. The number of amides is 1. The fraction of sp³-hybridized carbons (Fsp3) is 0.714. The molecule has 2 saturated heterocycles. The van der Waals surface area contributed by atoms with E-state index in [9.17, 15) is 4.79 Å². The molecule has 3 aliphatic rings. The van der Waals surface area contributed by atoms with E-state index >= 15 is 0 Å². The first-order chi connectivity index (χ1) is 12.6. The molecule has 1 saturated carbocycles. The lowest BCUT2D eigenvalue weighted by molar-refractivity contribution is -0.146. The maximum atomic E-state index is 13.2. The third-order valence-corrected chi connectivity index (χ3v) is 6.63. The lowest BCUT2D eigenvalue weighted by atomic mass is 9.77. The number of hydrogen-bond acceptors (Lipinski definition) is 4. The summed E-state index contributed by atoms with van der Waals surface area (Å²) in [7, 11) is 4.02. The van der Waals surface area contributed by atoms with Gasteiger partial charge in [-0.2, -0.15) is 0 Å². The van der Waals surface area contributed by atoms with Crippen LogP contribution in [0.15, 0.2) is 18.3 Å². The SMILES string of the molecule is CN(C)c1ccc(CN2CC[C@]3(CCCN(CC4CCC4)C3=O)C2)cn1. The molecule has 0 N–H and O–H groups in total. The van der Waals surface area contributed by atoms with Crippen molar-refractivity contribution in [3.05, 3.63) is 23.9 Å². The number of likely N-dealkylation sites (tertiary alicyclic amines) is 2. The van der Waals surface area contributed by atoms with Crippen LogP contribution >= 0.6 is 0 Å². The minimum atomic E-state index is -0.112. The Bertz CT molecular complexity index is 640. The zero-order valence-electron chi connectivity index (χ0n) is 16.3. The molecule has 1 aliphatic carbocycles. The largest absolute Gasteiger partial charge is 0.363 e. The highest BCUT2D eigenvalue weighted by Gasteiger charge is 2.48. The molecule has 5 heteroatoms. The molecule has 2 aliphatic heterocycles. The summed E-state index contributed by atoms with van der Waals surface area (Å²) in [6.45, 7) is 4.84. The Labute approximate surface area is 157 Å². The Balaban J connectivity index is 1.37. The van der Waals surface area contributed by atoms with Crippen molar-refractivity contribution < 1.29 is 4.79 Å². The Morgan fingerprint density at radius 1 is 1.19 bits per heavy atom. The summed E-state index contributed by atoms with van der Waals surface area (Å²) in [5.74, 6) is 2.20. The van der Waals surface area contributed by atoms with Crippen LogP contribution in [0.1, 0.15) is 44.1 Å². The lowest BCUT2D eigenvalue weighted by Gasteiger charge is -2.42. The van der Waals surface area contributed by atoms with Gasteiger partial charge >= 0.3 is 0 Å². The van der Waals surface area contributed by atoms with Crippen molar-refractivity contribution in [2.45, 2.75) is 45.1 Å². The van der Waals surface area contributed by atoms with Crippen LogP contribution in [0.25, 0.3) is 0 Å². The fourth-order valence-electron chi connectivity index (χ4n) is 4.82. The average Bonchev–Trinajstić information content (AvgIpc) is 2.99. The second-order valence-corrected chi connectivity index (χ2v) is 8.81. The van der Waals surface area contributed by atoms with Crippen LogP contribution < -0.4 is 4.90 Å². The van der Waals surface area contributed by atoms with E-state index in [1.54, 1.807) is 0 Å². The number of pyridine rings is 1. The number of carbonyl (C=O) groups excluding carboxylic acids is 1. The molecule has 1 aromatic heterocycles. The van der Waals surface area contributed by atoms with Gasteiger partial charge in [-0.05, 0) is 56.2 Å². The van der Waals surface area contributed by atoms with Gasteiger partial charge in [0.2, 0.25) is 5.91 Å². The quantitative estimate of drug-likeness (QED) is 0.813. The number of piperidine rings is 1. The Hall–Kier alpha value is -1.62. The molecule has 0 radical (unpaired) electrons. The maximum Gasteiger partial charge on any atom is 0.230 e. The molecule has 3 fully saturated rings. The number of rotatable bonds is 5. The van der Waals surface area contributed by atoms with Gasteiger partial charge in [-0.1, -0.05) is 12.5 Å². The van der Waals surface area contributed by atoms with Crippen molar-refractivity contribution in [1.29, 1.82) is 0 Å². The molecule has 5 nitrogen and oxygen atoms in total. The lowest BCUT2D eigenvalue weighted by Crippen LogP contribution is -2.51. The van der Waals surface area contributed by atoms with Gasteiger partial charge in [0.15, 0.2) is 0 Å². The maximum absolute atomic E-state index is 13.2. The average molecular weight is 357 g/mol. The summed E-state index contributed by atoms with van der Waals surface area (Å²) in [6.07, 6.45) is 9.23. The predicted molar refractivity (Wildman–Crippen MR) is 104 cm³/mol. The van der Waals surface area contributed by atoms with E-state index < -0.39 is 0 Å². The third-order valence-electron chi connectivity index (χ3n) is 6.63. The zero-order chi connectivity index (χ0) is 18.1. The molecular formula is C21H32N4O. The van der Waals surface area contributed by atoms with E-state index in [1.165, 1.54) is 31.2 Å². The first kappa shape index (κ1) is 17.8. The second-order valence-electron chi connectivity index (χ2n) is 8.81. The highest BCUT2D eigenvalue weighted by molar-refractivity contribution is 5.84. The molecule has 1 spiro atoms. The summed E-state index contributed by atoms with van der Waals surface area (Å²) in [5.41, 5.74) is 1.13. The number of anilines is 1. The molecular weight excluding hydrogens is 324 g/mol. The molecule has 26 heavy (non-hydrogen) atoms. The highest BCUT2D eigenvalue weighted by Crippen LogP contribution is 2.41. The minimum Gasteiger partial charge on any atom is -0.363 e. The monoisotopic (exact) mass is 356 g/mol. The van der Waals surface area contributed by atoms with E-state index in [4.69, 9.17) is 0 Å². The molecule has 4 rings (SSSR count). The van der Waals surface area contributed by atoms with Crippen LogP contribution in [0.3, 0.4) is 0 Å². The normalized spacial score (nSPS) is 27.2. The second kappa shape index (κ2) is 7.18. The molecule has 0 aromatic carbocycles. The molecule has 1 amide bonds. The predicted octanol–water partition coefficient (Wildman–Crippen LogP) is 2.76. The van der Waals surface area contributed by atoms with Crippen molar-refractivity contribution in [3.8, 4) is 0 Å². The van der Waals surface area contributed by atoms with Crippen LogP contribution in [0.2, 0.25) is 0 Å². The van der Waals surface area contributed by atoms with Gasteiger partial charge < -0.3 is 9.80 Å². The van der Waals surface area contributed by atoms with Crippen molar-refractivity contribution in [1.82, 2.24) is 14.8 Å². The van der Waals surface area contributed by atoms with Gasteiger partial charge in [-0.3, -0.25) is 9.69 Å². The molecule has 1 aromatic rings. The van der Waals surface area contributed by atoms with E-state index in [1.807, 2.05) is 25.2 Å². The summed E-state index contributed by atoms with van der Waals surface area (Å²) < 4.78 is 0. The summed E-state index contributed by atoms with van der Waals surface area (Å²) >= 11 is 0. The summed E-state index contributed by atoms with van der Waals surface area (Å²) in [5, 5.41) is 0. The Morgan fingerprint density at radius 2 is 2.04 bits per heavy atom. The molecule has 3 heterocycles. The number of nitrogens with zero attached hydrogens (tertiary/aromatic N) is 4. The van der Waals surface area contributed by atoms with Gasteiger partial charge in [0.25, 0.3) is 0 Å².